The van der Waals surface area contributed by atoms with E-state index in [1.54, 1.807) is 0 Å². The van der Waals surface area contributed by atoms with Crippen molar-refractivity contribution in [2.24, 2.45) is 0 Å². The van der Waals surface area contributed by atoms with Gasteiger partial charge in [0.2, 0.25) is 0 Å². The van der Waals surface area contributed by atoms with Gasteiger partial charge in [0.25, 0.3) is 0 Å². The van der Waals surface area contributed by atoms with Crippen LogP contribution in [-0.2, 0) is 9.59 Å². The summed E-state index contributed by atoms with van der Waals surface area (Å²) < 4.78 is 2.08. The van der Waals surface area contributed by atoms with E-state index in [9.17, 15) is 9.59 Å². The molecule has 5 heteroatoms. The zero-order valence-electron chi connectivity index (χ0n) is 8.85. The molecule has 17 heavy (non-hydrogen) atoms. The zero-order chi connectivity index (χ0) is 12.7. The molecule has 2 aromatic heterocycles. The van der Waals surface area contributed by atoms with Gasteiger partial charge in [-0.15, -0.1) is 0 Å². The first-order valence-electron chi connectivity index (χ1n) is 4.75. The van der Waals surface area contributed by atoms with Gasteiger partial charge in [0.05, 0.1) is 0 Å². The van der Waals surface area contributed by atoms with E-state index in [4.69, 9.17) is 10.2 Å². The number of rotatable bonds is 2. The maximum atomic E-state index is 9.55. The number of aromatic nitrogens is 1. The number of fused-ring (bicyclic) bond motifs is 1. The van der Waals surface area contributed by atoms with E-state index in [0.717, 1.165) is 0 Å². The molecular formula is C12H11NO4. The molecule has 2 aromatic rings. The van der Waals surface area contributed by atoms with Gasteiger partial charge in [-0.3, -0.25) is 0 Å². The summed E-state index contributed by atoms with van der Waals surface area (Å²) in [5.74, 6) is -2.51. The number of pyridine rings is 1. The van der Waals surface area contributed by atoms with Gasteiger partial charge >= 0.3 is 11.9 Å². The lowest BCUT2D eigenvalue weighted by Gasteiger charge is -1.88. The van der Waals surface area contributed by atoms with E-state index in [1.165, 1.54) is 5.52 Å². The van der Waals surface area contributed by atoms with E-state index in [1.807, 2.05) is 30.6 Å². The van der Waals surface area contributed by atoms with Crippen LogP contribution in [0.4, 0.5) is 0 Å². The fourth-order valence-corrected chi connectivity index (χ4v) is 1.12. The predicted octanol–water partition coefficient (Wildman–Crippen LogP) is 1.65. The van der Waals surface area contributed by atoms with Crippen LogP contribution in [0.2, 0.25) is 0 Å². The van der Waals surface area contributed by atoms with Gasteiger partial charge in [-0.1, -0.05) is 6.07 Å². The largest absolute Gasteiger partial charge is 0.478 e. The molecule has 2 N–H and O–H groups in total. The molecule has 0 saturated heterocycles. The van der Waals surface area contributed by atoms with Gasteiger partial charge in [-0.2, -0.15) is 0 Å². The minimum absolute atomic E-state index is 0.558. The highest BCUT2D eigenvalue weighted by atomic mass is 16.4. The van der Waals surface area contributed by atoms with Gasteiger partial charge in [0.1, 0.15) is 0 Å². The standard InChI is InChI=1S/C8H7N.C4H4O4/c1-2-6-9-7-3-5-8(9)4-1;5-3(6)1-2-4(7)8/h1-7H;1-2H,(H,5,6)(H,7,8). The molecule has 0 aliphatic rings. The molecule has 0 bridgehead atoms. The SMILES string of the molecule is O=C(O)C=CC(=O)O.c1ccn2cccc2c1. The van der Waals surface area contributed by atoms with Crippen molar-refractivity contribution in [3.8, 4) is 0 Å². The Balaban J connectivity index is 0.000000172. The first-order valence-corrected chi connectivity index (χ1v) is 4.75. The van der Waals surface area contributed by atoms with Crippen LogP contribution in [-0.4, -0.2) is 26.6 Å². The number of nitrogens with zero attached hydrogens (tertiary/aromatic N) is 1. The molecule has 0 aliphatic carbocycles. The summed E-state index contributed by atoms with van der Waals surface area (Å²) >= 11 is 0. The summed E-state index contributed by atoms with van der Waals surface area (Å²) in [5, 5.41) is 15.6. The third-order valence-corrected chi connectivity index (χ3v) is 1.81. The Hall–Kier alpha value is -2.56. The minimum atomic E-state index is -1.26. The third kappa shape index (κ3) is 4.65. The van der Waals surface area contributed by atoms with E-state index in [2.05, 4.69) is 16.5 Å². The second-order valence-electron chi connectivity index (χ2n) is 3.05. The maximum absolute atomic E-state index is 9.55. The van der Waals surface area contributed by atoms with E-state index in [-0.39, 0.29) is 0 Å². The topological polar surface area (TPSA) is 79.0 Å². The van der Waals surface area contributed by atoms with Crippen LogP contribution in [0.25, 0.3) is 5.52 Å². The lowest BCUT2D eigenvalue weighted by molar-refractivity contribution is -0.134. The Morgan fingerprint density at radius 3 is 2.00 bits per heavy atom. The zero-order valence-corrected chi connectivity index (χ0v) is 8.85. The lowest BCUT2D eigenvalue weighted by atomic mass is 10.4. The van der Waals surface area contributed by atoms with Crippen molar-refractivity contribution in [2.75, 3.05) is 0 Å². The molecular weight excluding hydrogens is 222 g/mol. The highest BCUT2D eigenvalue weighted by Crippen LogP contribution is 2.01. The highest BCUT2D eigenvalue weighted by molar-refractivity contribution is 5.89. The fraction of sp³-hybridized carbons (Fsp3) is 0. The first-order chi connectivity index (χ1) is 8.09. The van der Waals surface area contributed by atoms with Crippen LogP contribution in [0.3, 0.4) is 0 Å². The van der Waals surface area contributed by atoms with Crippen LogP contribution in [0.1, 0.15) is 0 Å². The summed E-state index contributed by atoms with van der Waals surface area (Å²) in [7, 11) is 0. The number of carbonyl (C=O) groups is 2. The van der Waals surface area contributed by atoms with Crippen molar-refractivity contribution >= 4 is 17.5 Å². The van der Waals surface area contributed by atoms with Gasteiger partial charge < -0.3 is 14.6 Å². The molecule has 0 fully saturated rings. The quantitative estimate of drug-likeness (QED) is 0.773. The minimum Gasteiger partial charge on any atom is -0.478 e. The Bertz CT molecular complexity index is 496. The molecule has 0 aromatic carbocycles. The average Bonchev–Trinajstić information content (AvgIpc) is 2.75. The molecule has 0 radical (unpaired) electrons. The molecule has 5 nitrogen and oxygen atoms in total. The van der Waals surface area contributed by atoms with Crippen LogP contribution < -0.4 is 0 Å². The van der Waals surface area contributed by atoms with E-state index >= 15 is 0 Å². The van der Waals surface area contributed by atoms with Crippen LogP contribution in [0.15, 0.2) is 54.9 Å². The number of carboxylic acid groups (broad SMARTS) is 2. The summed E-state index contributed by atoms with van der Waals surface area (Å²) in [5.41, 5.74) is 1.25. The number of hydrogen-bond donors (Lipinski definition) is 2. The monoisotopic (exact) mass is 233 g/mol. The molecule has 0 aliphatic heterocycles. The second-order valence-corrected chi connectivity index (χ2v) is 3.05. The first kappa shape index (κ1) is 12.5. The van der Waals surface area contributed by atoms with Gasteiger partial charge in [0, 0.05) is 30.1 Å². The van der Waals surface area contributed by atoms with Gasteiger partial charge in [-0.05, 0) is 24.3 Å². The van der Waals surface area contributed by atoms with Gasteiger partial charge in [-0.25, -0.2) is 9.59 Å². The molecule has 2 rings (SSSR count). The van der Waals surface area contributed by atoms with Crippen LogP contribution >= 0.6 is 0 Å². The van der Waals surface area contributed by atoms with Crippen molar-refractivity contribution in [2.45, 2.75) is 0 Å². The second kappa shape index (κ2) is 6.12. The van der Waals surface area contributed by atoms with Gasteiger partial charge in [0.15, 0.2) is 0 Å². The molecule has 0 atom stereocenters. The van der Waals surface area contributed by atoms with Crippen molar-refractivity contribution in [3.63, 3.8) is 0 Å². The Morgan fingerprint density at radius 1 is 0.941 bits per heavy atom. The lowest BCUT2D eigenvalue weighted by Crippen LogP contribution is -1.91. The predicted molar refractivity (Wildman–Crippen MR) is 61.8 cm³/mol. The molecule has 0 spiro atoms. The maximum Gasteiger partial charge on any atom is 0.328 e. The third-order valence-electron chi connectivity index (χ3n) is 1.81. The number of carboxylic acids is 2. The summed E-state index contributed by atoms with van der Waals surface area (Å²) in [6.07, 6.45) is 5.19. The Morgan fingerprint density at radius 2 is 1.47 bits per heavy atom. The van der Waals surface area contributed by atoms with Crippen molar-refractivity contribution in [3.05, 3.63) is 54.9 Å². The Kier molecular flexibility index (Phi) is 4.50. The number of hydrogen-bond acceptors (Lipinski definition) is 2. The molecule has 0 amide bonds. The van der Waals surface area contributed by atoms with Crippen LogP contribution in [0, 0.1) is 0 Å². The summed E-state index contributed by atoms with van der Waals surface area (Å²) in [4.78, 5) is 19.1. The van der Waals surface area contributed by atoms with Crippen molar-refractivity contribution < 1.29 is 19.8 Å². The molecule has 88 valence electrons. The van der Waals surface area contributed by atoms with E-state index < -0.39 is 11.9 Å². The molecule has 0 saturated carbocycles. The molecule has 2 heterocycles. The normalized spacial score (nSPS) is 9.88. The fourth-order valence-electron chi connectivity index (χ4n) is 1.12. The van der Waals surface area contributed by atoms with Crippen LogP contribution in [0.5, 0.6) is 0 Å². The van der Waals surface area contributed by atoms with E-state index in [0.29, 0.717) is 12.2 Å². The summed E-state index contributed by atoms with van der Waals surface area (Å²) in [6.45, 7) is 0. The van der Waals surface area contributed by atoms with Crippen molar-refractivity contribution in [1.29, 1.82) is 0 Å². The Labute approximate surface area is 97.2 Å². The number of aliphatic carboxylic acids is 2. The smallest absolute Gasteiger partial charge is 0.328 e. The molecule has 0 unspecified atom stereocenters. The summed E-state index contributed by atoms with van der Waals surface area (Å²) in [6, 6.07) is 10.3. The highest BCUT2D eigenvalue weighted by Gasteiger charge is 1.88. The van der Waals surface area contributed by atoms with Crippen molar-refractivity contribution in [1.82, 2.24) is 4.40 Å². The average molecular weight is 233 g/mol.